The summed E-state index contributed by atoms with van der Waals surface area (Å²) in [6.45, 7) is 5.88. The molecule has 1 unspecified atom stereocenters. The molecule has 0 aromatic carbocycles. The Hall–Kier alpha value is -1.10. The first kappa shape index (κ1) is 16.3. The predicted molar refractivity (Wildman–Crippen MR) is 80.9 cm³/mol. The molecule has 5 heteroatoms. The summed E-state index contributed by atoms with van der Waals surface area (Å²) < 4.78 is 5.38. The van der Waals surface area contributed by atoms with Gasteiger partial charge in [-0.1, -0.05) is 26.2 Å². The van der Waals surface area contributed by atoms with E-state index in [0.717, 1.165) is 38.5 Å². The van der Waals surface area contributed by atoms with Gasteiger partial charge in [-0.15, -0.1) is 0 Å². The van der Waals surface area contributed by atoms with E-state index in [4.69, 9.17) is 4.74 Å². The Morgan fingerprint density at radius 3 is 2.57 bits per heavy atom. The molecular weight excluding hydrogens is 268 g/mol. The zero-order valence-electron chi connectivity index (χ0n) is 13.3. The first-order valence-electron chi connectivity index (χ1n) is 8.36. The van der Waals surface area contributed by atoms with Crippen molar-refractivity contribution in [2.45, 2.75) is 70.4 Å². The third kappa shape index (κ3) is 3.23. The fourth-order valence-corrected chi connectivity index (χ4v) is 3.58. The highest BCUT2D eigenvalue weighted by molar-refractivity contribution is 5.99. The molecule has 21 heavy (non-hydrogen) atoms. The normalized spacial score (nSPS) is 25.2. The predicted octanol–water partition coefficient (Wildman–Crippen LogP) is 1.85. The van der Waals surface area contributed by atoms with Gasteiger partial charge in [-0.05, 0) is 32.6 Å². The Bertz CT molecular complexity index is 378. The Kier molecular flexibility index (Phi) is 5.62. The maximum Gasteiger partial charge on any atom is 0.246 e. The van der Waals surface area contributed by atoms with Crippen molar-refractivity contribution in [3.63, 3.8) is 0 Å². The number of carbonyl (C=O) groups is 2. The van der Waals surface area contributed by atoms with E-state index >= 15 is 0 Å². The summed E-state index contributed by atoms with van der Waals surface area (Å²) in [5, 5.41) is 2.95. The average Bonchev–Trinajstić information content (AvgIpc) is 2.51. The van der Waals surface area contributed by atoms with Crippen molar-refractivity contribution in [2.75, 3.05) is 19.8 Å². The molecule has 0 bridgehead atoms. The fraction of sp³-hybridized carbons (Fsp3) is 0.875. The minimum Gasteiger partial charge on any atom is -0.382 e. The summed E-state index contributed by atoms with van der Waals surface area (Å²) >= 11 is 0. The van der Waals surface area contributed by atoms with Crippen LogP contribution >= 0.6 is 0 Å². The van der Waals surface area contributed by atoms with Crippen LogP contribution in [0.25, 0.3) is 0 Å². The van der Waals surface area contributed by atoms with Crippen molar-refractivity contribution < 1.29 is 14.3 Å². The Balaban J connectivity index is 2.14. The zero-order chi connectivity index (χ0) is 15.3. The molecule has 1 N–H and O–H groups in total. The highest BCUT2D eigenvalue weighted by atomic mass is 16.5. The quantitative estimate of drug-likeness (QED) is 0.761. The van der Waals surface area contributed by atoms with Gasteiger partial charge >= 0.3 is 0 Å². The molecule has 1 saturated heterocycles. The molecule has 1 saturated carbocycles. The van der Waals surface area contributed by atoms with Gasteiger partial charge in [-0.2, -0.15) is 0 Å². The average molecular weight is 296 g/mol. The van der Waals surface area contributed by atoms with E-state index < -0.39 is 5.54 Å². The molecule has 5 nitrogen and oxygen atoms in total. The Morgan fingerprint density at radius 1 is 1.24 bits per heavy atom. The lowest BCUT2D eigenvalue weighted by atomic mass is 9.77. The molecule has 2 aliphatic rings. The van der Waals surface area contributed by atoms with Gasteiger partial charge < -0.3 is 15.0 Å². The molecule has 0 aromatic rings. The SMILES string of the molecule is CCOCCCN1C(=O)C(CC)NC(=O)C12CCCCC2. The minimum atomic E-state index is -0.590. The standard InChI is InChI=1S/C16H28N2O3/c1-3-13-14(19)18(11-8-12-21-4-2)16(15(20)17-13)9-6-5-7-10-16/h13H,3-12H2,1-2H3,(H,17,20). The molecule has 1 spiro atoms. The van der Waals surface area contributed by atoms with E-state index in [0.29, 0.717) is 26.2 Å². The van der Waals surface area contributed by atoms with Crippen LogP contribution in [0.5, 0.6) is 0 Å². The second-order valence-corrected chi connectivity index (χ2v) is 6.07. The second-order valence-electron chi connectivity index (χ2n) is 6.07. The lowest BCUT2D eigenvalue weighted by Crippen LogP contribution is -2.71. The van der Waals surface area contributed by atoms with E-state index in [-0.39, 0.29) is 17.9 Å². The molecule has 1 aliphatic carbocycles. The van der Waals surface area contributed by atoms with E-state index in [9.17, 15) is 9.59 Å². The molecular formula is C16H28N2O3. The number of hydrogen-bond acceptors (Lipinski definition) is 3. The van der Waals surface area contributed by atoms with E-state index in [2.05, 4.69) is 5.32 Å². The lowest BCUT2D eigenvalue weighted by molar-refractivity contribution is -0.160. The van der Waals surface area contributed by atoms with Crippen LogP contribution in [0.15, 0.2) is 0 Å². The summed E-state index contributed by atoms with van der Waals surface area (Å²) in [5.41, 5.74) is -0.590. The van der Waals surface area contributed by atoms with Gasteiger partial charge in [0.1, 0.15) is 11.6 Å². The van der Waals surface area contributed by atoms with Gasteiger partial charge in [0, 0.05) is 19.8 Å². The molecule has 1 atom stereocenters. The van der Waals surface area contributed by atoms with E-state index in [1.165, 1.54) is 0 Å². The highest BCUT2D eigenvalue weighted by Gasteiger charge is 2.51. The molecule has 120 valence electrons. The van der Waals surface area contributed by atoms with Gasteiger partial charge in [0.05, 0.1) is 0 Å². The number of rotatable bonds is 6. The summed E-state index contributed by atoms with van der Waals surface area (Å²) in [7, 11) is 0. The summed E-state index contributed by atoms with van der Waals surface area (Å²) in [4.78, 5) is 27.2. The van der Waals surface area contributed by atoms with Crippen molar-refractivity contribution >= 4 is 11.8 Å². The molecule has 2 amide bonds. The van der Waals surface area contributed by atoms with Crippen LogP contribution in [0.2, 0.25) is 0 Å². The molecule has 1 heterocycles. The van der Waals surface area contributed by atoms with Crippen LogP contribution in [-0.4, -0.2) is 48.1 Å². The van der Waals surface area contributed by atoms with Gasteiger partial charge in [0.2, 0.25) is 11.8 Å². The van der Waals surface area contributed by atoms with Gasteiger partial charge in [0.25, 0.3) is 0 Å². The van der Waals surface area contributed by atoms with Crippen molar-refractivity contribution in [1.82, 2.24) is 10.2 Å². The second kappa shape index (κ2) is 7.25. The molecule has 1 aliphatic heterocycles. The maximum absolute atomic E-state index is 12.7. The molecule has 0 aromatic heterocycles. The smallest absolute Gasteiger partial charge is 0.246 e. The van der Waals surface area contributed by atoms with Crippen LogP contribution < -0.4 is 5.32 Å². The minimum absolute atomic E-state index is 0.0602. The number of piperazine rings is 1. The fourth-order valence-electron chi connectivity index (χ4n) is 3.58. The van der Waals surface area contributed by atoms with Gasteiger partial charge in [-0.3, -0.25) is 9.59 Å². The van der Waals surface area contributed by atoms with Crippen LogP contribution in [0.4, 0.5) is 0 Å². The van der Waals surface area contributed by atoms with Crippen LogP contribution in [-0.2, 0) is 14.3 Å². The maximum atomic E-state index is 12.7. The highest BCUT2D eigenvalue weighted by Crippen LogP contribution is 2.37. The number of amides is 2. The topological polar surface area (TPSA) is 58.6 Å². The number of carbonyl (C=O) groups excluding carboxylic acids is 2. The van der Waals surface area contributed by atoms with Gasteiger partial charge in [0.15, 0.2) is 0 Å². The first-order valence-corrected chi connectivity index (χ1v) is 8.36. The third-order valence-corrected chi connectivity index (χ3v) is 4.77. The Labute approximate surface area is 127 Å². The Morgan fingerprint density at radius 2 is 1.95 bits per heavy atom. The van der Waals surface area contributed by atoms with Crippen LogP contribution in [0, 0.1) is 0 Å². The zero-order valence-corrected chi connectivity index (χ0v) is 13.3. The first-order chi connectivity index (χ1) is 10.2. The van der Waals surface area contributed by atoms with E-state index in [1.54, 1.807) is 0 Å². The lowest BCUT2D eigenvalue weighted by Gasteiger charge is -2.50. The number of nitrogens with zero attached hydrogens (tertiary/aromatic N) is 1. The van der Waals surface area contributed by atoms with Crippen LogP contribution in [0.3, 0.4) is 0 Å². The van der Waals surface area contributed by atoms with Crippen molar-refractivity contribution in [2.24, 2.45) is 0 Å². The molecule has 2 rings (SSSR count). The number of nitrogens with one attached hydrogen (secondary N) is 1. The summed E-state index contributed by atoms with van der Waals surface area (Å²) in [6, 6.07) is -0.350. The number of ether oxygens (including phenoxy) is 1. The van der Waals surface area contributed by atoms with Gasteiger partial charge in [-0.25, -0.2) is 0 Å². The van der Waals surface area contributed by atoms with E-state index in [1.807, 2.05) is 18.7 Å². The van der Waals surface area contributed by atoms with Crippen molar-refractivity contribution in [1.29, 1.82) is 0 Å². The largest absolute Gasteiger partial charge is 0.382 e. The third-order valence-electron chi connectivity index (χ3n) is 4.77. The molecule has 0 radical (unpaired) electrons. The van der Waals surface area contributed by atoms with Crippen LogP contribution in [0.1, 0.15) is 58.8 Å². The summed E-state index contributed by atoms with van der Waals surface area (Å²) in [5.74, 6) is 0.153. The monoisotopic (exact) mass is 296 g/mol. The van der Waals surface area contributed by atoms with Crippen molar-refractivity contribution in [3.05, 3.63) is 0 Å². The van der Waals surface area contributed by atoms with Crippen molar-refractivity contribution in [3.8, 4) is 0 Å². The molecule has 2 fully saturated rings. The number of hydrogen-bond donors (Lipinski definition) is 1. The summed E-state index contributed by atoms with van der Waals surface area (Å²) in [6.07, 6.45) is 6.27.